The predicted molar refractivity (Wildman–Crippen MR) is 58.0 cm³/mol. The molecule has 0 atom stereocenters. The number of hydrogen-bond acceptors (Lipinski definition) is 3. The monoisotopic (exact) mass is 213 g/mol. The van der Waals surface area contributed by atoms with Gasteiger partial charge in [0.15, 0.2) is 5.82 Å². The van der Waals surface area contributed by atoms with Gasteiger partial charge in [0.1, 0.15) is 0 Å². The van der Waals surface area contributed by atoms with Crippen molar-refractivity contribution in [2.24, 2.45) is 0 Å². The maximum Gasteiger partial charge on any atom is 0.154 e. The number of anilines is 1. The summed E-state index contributed by atoms with van der Waals surface area (Å²) in [5.41, 5.74) is 5.60. The summed E-state index contributed by atoms with van der Waals surface area (Å²) in [4.78, 5) is 0.675. The van der Waals surface area contributed by atoms with Gasteiger partial charge >= 0.3 is 0 Å². The minimum Gasteiger partial charge on any atom is -0.391 e. The molecule has 2 rings (SSSR count). The minimum absolute atomic E-state index is 0.147. The van der Waals surface area contributed by atoms with Crippen LogP contribution in [0, 0.1) is 5.82 Å². The third kappa shape index (κ3) is 1.40. The van der Waals surface area contributed by atoms with Crippen molar-refractivity contribution in [3.8, 4) is 0 Å². The van der Waals surface area contributed by atoms with Crippen LogP contribution in [0.3, 0.4) is 0 Å². The van der Waals surface area contributed by atoms with E-state index in [0.717, 1.165) is 5.39 Å². The third-order valence-electron chi connectivity index (χ3n) is 1.83. The van der Waals surface area contributed by atoms with Crippen LogP contribution in [0.1, 0.15) is 0 Å². The van der Waals surface area contributed by atoms with Crippen LogP contribution in [0.15, 0.2) is 23.1 Å². The second-order valence-electron chi connectivity index (χ2n) is 2.65. The standard InChI is InChI=1S/C9H8FNS2/c1-12-6-3-2-5-4-7(11)13-9(5)8(6)10/h2-4H,11H2,1H3. The Morgan fingerprint density at radius 3 is 2.92 bits per heavy atom. The van der Waals surface area contributed by atoms with Crippen molar-refractivity contribution in [1.29, 1.82) is 0 Å². The van der Waals surface area contributed by atoms with Gasteiger partial charge < -0.3 is 5.73 Å². The normalized spacial score (nSPS) is 10.9. The zero-order valence-corrected chi connectivity index (χ0v) is 8.64. The Morgan fingerprint density at radius 1 is 1.46 bits per heavy atom. The van der Waals surface area contributed by atoms with E-state index in [-0.39, 0.29) is 5.82 Å². The van der Waals surface area contributed by atoms with Crippen LogP contribution < -0.4 is 5.73 Å². The highest BCUT2D eigenvalue weighted by molar-refractivity contribution is 7.98. The minimum atomic E-state index is -0.147. The van der Waals surface area contributed by atoms with E-state index < -0.39 is 0 Å². The fourth-order valence-corrected chi connectivity index (χ4v) is 2.64. The second kappa shape index (κ2) is 3.20. The lowest BCUT2D eigenvalue weighted by atomic mass is 10.2. The van der Waals surface area contributed by atoms with Crippen LogP contribution in [-0.4, -0.2) is 6.26 Å². The van der Waals surface area contributed by atoms with Crippen molar-refractivity contribution in [2.45, 2.75) is 4.90 Å². The average molecular weight is 213 g/mol. The number of thioether (sulfide) groups is 1. The van der Waals surface area contributed by atoms with Crippen LogP contribution in [0.25, 0.3) is 10.1 Å². The summed E-state index contributed by atoms with van der Waals surface area (Å²) in [6.45, 7) is 0. The first-order valence-corrected chi connectivity index (χ1v) is 5.78. The fourth-order valence-electron chi connectivity index (χ4n) is 1.23. The largest absolute Gasteiger partial charge is 0.391 e. The first-order chi connectivity index (χ1) is 6.22. The van der Waals surface area contributed by atoms with Gasteiger partial charge in [-0.2, -0.15) is 0 Å². The molecule has 13 heavy (non-hydrogen) atoms. The second-order valence-corrected chi connectivity index (χ2v) is 4.58. The molecule has 4 heteroatoms. The molecule has 0 saturated heterocycles. The smallest absolute Gasteiger partial charge is 0.154 e. The number of rotatable bonds is 1. The van der Waals surface area contributed by atoms with E-state index >= 15 is 0 Å². The van der Waals surface area contributed by atoms with Gasteiger partial charge in [-0.25, -0.2) is 4.39 Å². The molecule has 0 spiro atoms. The van der Waals surface area contributed by atoms with Crippen LogP contribution in [0.2, 0.25) is 0 Å². The first kappa shape index (κ1) is 8.84. The topological polar surface area (TPSA) is 26.0 Å². The maximum atomic E-state index is 13.6. The third-order valence-corrected chi connectivity index (χ3v) is 3.56. The Morgan fingerprint density at radius 2 is 2.23 bits per heavy atom. The highest BCUT2D eigenvalue weighted by Crippen LogP contribution is 2.33. The lowest BCUT2D eigenvalue weighted by Crippen LogP contribution is -1.78. The van der Waals surface area contributed by atoms with E-state index in [4.69, 9.17) is 5.73 Å². The summed E-state index contributed by atoms with van der Waals surface area (Å²) in [7, 11) is 0. The number of hydrogen-bond donors (Lipinski definition) is 1. The average Bonchev–Trinajstić information content (AvgIpc) is 2.47. The van der Waals surface area contributed by atoms with Gasteiger partial charge in [-0.3, -0.25) is 0 Å². The number of nitrogens with two attached hydrogens (primary N) is 1. The quantitative estimate of drug-likeness (QED) is 0.735. The van der Waals surface area contributed by atoms with Crippen molar-refractivity contribution in [2.75, 3.05) is 12.0 Å². The molecule has 0 saturated carbocycles. The molecular weight excluding hydrogens is 205 g/mol. The number of halogens is 1. The van der Waals surface area contributed by atoms with Crippen molar-refractivity contribution in [3.63, 3.8) is 0 Å². The van der Waals surface area contributed by atoms with E-state index in [2.05, 4.69) is 0 Å². The SMILES string of the molecule is CSc1ccc2cc(N)sc2c1F. The van der Waals surface area contributed by atoms with Gasteiger partial charge in [0.05, 0.1) is 9.70 Å². The van der Waals surface area contributed by atoms with Crippen molar-refractivity contribution in [1.82, 2.24) is 0 Å². The summed E-state index contributed by atoms with van der Waals surface area (Å²) in [5, 5.41) is 1.55. The van der Waals surface area contributed by atoms with Crippen LogP contribution in [0.5, 0.6) is 0 Å². The molecule has 1 nitrogen and oxygen atoms in total. The van der Waals surface area contributed by atoms with Gasteiger partial charge in [0, 0.05) is 4.90 Å². The summed E-state index contributed by atoms with van der Waals surface area (Å²) in [5.74, 6) is -0.147. The highest BCUT2D eigenvalue weighted by atomic mass is 32.2. The first-order valence-electron chi connectivity index (χ1n) is 3.74. The van der Waals surface area contributed by atoms with Crippen LogP contribution in [-0.2, 0) is 0 Å². The Kier molecular flexibility index (Phi) is 2.17. The predicted octanol–water partition coefficient (Wildman–Crippen LogP) is 3.34. The summed E-state index contributed by atoms with van der Waals surface area (Å²) in [6.07, 6.45) is 1.86. The molecular formula is C9H8FNS2. The zero-order valence-electron chi connectivity index (χ0n) is 7.00. The van der Waals surface area contributed by atoms with Gasteiger partial charge in [-0.15, -0.1) is 23.1 Å². The number of fused-ring (bicyclic) bond motifs is 1. The van der Waals surface area contributed by atoms with E-state index in [1.165, 1.54) is 23.1 Å². The molecule has 0 fully saturated rings. The van der Waals surface area contributed by atoms with Gasteiger partial charge in [0.2, 0.25) is 0 Å². The lowest BCUT2D eigenvalue weighted by Gasteiger charge is -1.98. The molecule has 0 amide bonds. The maximum absolute atomic E-state index is 13.6. The summed E-state index contributed by atoms with van der Waals surface area (Å²) in [6, 6.07) is 5.48. The molecule has 0 aliphatic heterocycles. The molecule has 1 aromatic carbocycles. The Bertz CT molecular complexity index is 450. The number of benzene rings is 1. The van der Waals surface area contributed by atoms with Crippen molar-refractivity contribution >= 4 is 38.2 Å². The van der Waals surface area contributed by atoms with Crippen LogP contribution >= 0.6 is 23.1 Å². The number of nitrogen functional groups attached to an aromatic ring is 1. The molecule has 2 N–H and O–H groups in total. The molecule has 68 valence electrons. The molecule has 1 aromatic heterocycles. The molecule has 0 radical (unpaired) electrons. The lowest BCUT2D eigenvalue weighted by molar-refractivity contribution is 0.617. The Hall–Kier alpha value is -0.740. The fraction of sp³-hybridized carbons (Fsp3) is 0.111. The molecule has 0 aliphatic carbocycles. The zero-order chi connectivity index (χ0) is 9.42. The Balaban J connectivity index is 2.78. The van der Waals surface area contributed by atoms with Gasteiger partial charge in [-0.05, 0) is 23.8 Å². The Labute approximate surface area is 83.7 Å². The molecule has 0 aliphatic rings. The summed E-state index contributed by atoms with van der Waals surface area (Å²) >= 11 is 2.71. The molecule has 2 aromatic rings. The van der Waals surface area contributed by atoms with Crippen LogP contribution in [0.4, 0.5) is 9.39 Å². The molecule has 0 unspecified atom stereocenters. The van der Waals surface area contributed by atoms with Crippen molar-refractivity contribution in [3.05, 3.63) is 24.0 Å². The molecule has 1 heterocycles. The highest BCUT2D eigenvalue weighted by Gasteiger charge is 2.08. The molecule has 0 bridgehead atoms. The summed E-state index contributed by atoms with van der Waals surface area (Å²) < 4.78 is 14.3. The van der Waals surface area contributed by atoms with E-state index in [1.807, 2.05) is 12.3 Å². The van der Waals surface area contributed by atoms with E-state index in [0.29, 0.717) is 14.6 Å². The van der Waals surface area contributed by atoms with E-state index in [1.54, 1.807) is 12.1 Å². The number of thiophene rings is 1. The van der Waals surface area contributed by atoms with E-state index in [9.17, 15) is 4.39 Å². The van der Waals surface area contributed by atoms with Gasteiger partial charge in [0.25, 0.3) is 0 Å². The van der Waals surface area contributed by atoms with Crippen molar-refractivity contribution < 1.29 is 4.39 Å². The van der Waals surface area contributed by atoms with Gasteiger partial charge in [-0.1, -0.05) is 6.07 Å².